The molecule has 1 amide bonds. The lowest BCUT2D eigenvalue weighted by atomic mass is 10.1. The third kappa shape index (κ3) is 3.41. The van der Waals surface area contributed by atoms with Crippen molar-refractivity contribution in [3.8, 4) is 5.88 Å². The zero-order valence-electron chi connectivity index (χ0n) is 15.3. The Labute approximate surface area is 174 Å². The maximum Gasteiger partial charge on any atom is 0.327 e. The molecular weight excluding hydrogens is 408 g/mol. The summed E-state index contributed by atoms with van der Waals surface area (Å²) in [6.07, 6.45) is 0.150. The molecule has 0 fully saturated rings. The van der Waals surface area contributed by atoms with Crippen LogP contribution in [-0.4, -0.2) is 26.7 Å². The Hall–Kier alpha value is -3.10. The lowest BCUT2D eigenvalue weighted by Gasteiger charge is -2.15. The van der Waals surface area contributed by atoms with Crippen LogP contribution < -0.4 is 10.6 Å². The summed E-state index contributed by atoms with van der Waals surface area (Å²) >= 11 is 6.39. The molecule has 0 saturated heterocycles. The lowest BCUT2D eigenvalue weighted by Crippen LogP contribution is -2.23. The molecule has 2 N–H and O–H groups in total. The summed E-state index contributed by atoms with van der Waals surface area (Å²) < 4.78 is 1.39. The number of hydrogen-bond acceptors (Lipinski definition) is 5. The van der Waals surface area contributed by atoms with Gasteiger partial charge in [-0.25, -0.2) is 9.79 Å². The third-order valence-corrected chi connectivity index (χ3v) is 6.18. The normalized spacial score (nSPS) is 13.8. The van der Waals surface area contributed by atoms with Crippen molar-refractivity contribution in [2.45, 2.75) is 19.4 Å². The van der Waals surface area contributed by atoms with E-state index in [-0.39, 0.29) is 26.7 Å². The number of fused-ring (bicyclic) bond motifs is 1. The molecule has 3 aromatic rings. The molecule has 6 nitrogen and oxygen atoms in total. The molecule has 1 unspecified atom stereocenters. The zero-order chi connectivity index (χ0) is 20.7. The fourth-order valence-electron chi connectivity index (χ4n) is 3.39. The summed E-state index contributed by atoms with van der Waals surface area (Å²) in [5.74, 6) is -1.91. The average Bonchev–Trinajstić information content (AvgIpc) is 3.15. The molecule has 1 aliphatic heterocycles. The van der Waals surface area contributed by atoms with E-state index in [1.165, 1.54) is 4.57 Å². The van der Waals surface area contributed by atoms with Crippen molar-refractivity contribution < 1.29 is 19.8 Å². The molecule has 1 aromatic heterocycles. The molecule has 2 heterocycles. The topological polar surface area (TPSA) is 91.9 Å². The molecule has 0 spiro atoms. The van der Waals surface area contributed by atoms with E-state index in [1.54, 1.807) is 6.07 Å². The summed E-state index contributed by atoms with van der Waals surface area (Å²) in [6, 6.07) is 13.4. The highest BCUT2D eigenvalue weighted by Gasteiger charge is 2.30. The minimum Gasteiger partial charge on any atom is -0.493 e. The fraction of sp³-hybridized carbons (Fsp3) is 0.143. The van der Waals surface area contributed by atoms with Crippen LogP contribution in [0.4, 0.5) is 0 Å². The van der Waals surface area contributed by atoms with E-state index in [9.17, 15) is 19.8 Å². The second-order valence-corrected chi connectivity index (χ2v) is 8.39. The van der Waals surface area contributed by atoms with Crippen LogP contribution in [0.15, 0.2) is 53.5 Å². The predicted molar refractivity (Wildman–Crippen MR) is 111 cm³/mol. The van der Waals surface area contributed by atoms with E-state index in [1.807, 2.05) is 49.4 Å². The zero-order valence-corrected chi connectivity index (χ0v) is 17.0. The van der Waals surface area contributed by atoms with Crippen LogP contribution in [0.3, 0.4) is 0 Å². The minimum absolute atomic E-state index is 0.150. The number of aliphatic carboxylic acids is 1. The van der Waals surface area contributed by atoms with Crippen molar-refractivity contribution in [1.82, 2.24) is 4.57 Å². The Morgan fingerprint density at radius 3 is 2.66 bits per heavy atom. The molecule has 0 aliphatic carbocycles. The van der Waals surface area contributed by atoms with Gasteiger partial charge in [-0.15, -0.1) is 11.3 Å². The van der Waals surface area contributed by atoms with Crippen LogP contribution in [0.25, 0.3) is 5.57 Å². The second kappa shape index (κ2) is 7.38. The molecular formula is C21H16N2O4S2. The highest BCUT2D eigenvalue weighted by molar-refractivity contribution is 7.73. The monoisotopic (exact) mass is 424 g/mol. The standard InChI is InChI=1S/C21H16N2O4S2/c1-11-7-8-14-13(9-11)16(18(24)22-14)17-19(25)23(21(28)29-17)15(20(26)27)10-12-5-3-2-4-6-12/h2-9,15,25H,10H2,1H3,(H,26,27). The summed E-state index contributed by atoms with van der Waals surface area (Å²) in [5, 5.41) is 21.8. The maximum atomic E-state index is 12.5. The van der Waals surface area contributed by atoms with Gasteiger partial charge in [-0.05, 0) is 36.8 Å². The summed E-state index contributed by atoms with van der Waals surface area (Å²) in [5.41, 5.74) is 2.00. The van der Waals surface area contributed by atoms with E-state index < -0.39 is 17.9 Å². The van der Waals surface area contributed by atoms with Crippen molar-refractivity contribution in [2.75, 3.05) is 0 Å². The highest BCUT2D eigenvalue weighted by Crippen LogP contribution is 2.36. The summed E-state index contributed by atoms with van der Waals surface area (Å²) in [6.45, 7) is 1.90. The number of carbonyl (C=O) groups excluding carboxylic acids is 1. The lowest BCUT2D eigenvalue weighted by molar-refractivity contribution is -0.141. The molecule has 1 atom stereocenters. The number of carboxylic acid groups (broad SMARTS) is 1. The van der Waals surface area contributed by atoms with Gasteiger partial charge in [-0.1, -0.05) is 42.0 Å². The quantitative estimate of drug-likeness (QED) is 0.614. The van der Waals surface area contributed by atoms with Crippen LogP contribution in [-0.2, 0) is 16.0 Å². The number of nitrogens with zero attached hydrogens (tertiary/aromatic N) is 2. The molecule has 0 bridgehead atoms. The van der Waals surface area contributed by atoms with E-state index in [2.05, 4.69) is 4.99 Å². The molecule has 8 heteroatoms. The van der Waals surface area contributed by atoms with Crippen molar-refractivity contribution in [1.29, 1.82) is 0 Å². The summed E-state index contributed by atoms with van der Waals surface area (Å²) in [7, 11) is 0. The number of carboxylic acids is 1. The Morgan fingerprint density at radius 2 is 1.97 bits per heavy atom. The molecule has 146 valence electrons. The van der Waals surface area contributed by atoms with Gasteiger partial charge in [-0.3, -0.25) is 9.36 Å². The van der Waals surface area contributed by atoms with Crippen molar-refractivity contribution >= 4 is 41.0 Å². The Morgan fingerprint density at radius 1 is 1.24 bits per heavy atom. The SMILES string of the molecule is Cc1ccc2c(c1)=C(c1sc(=S)n(C(Cc3ccccc3)C(=O)O)c1O)C(=O)N=2. The third-order valence-electron chi connectivity index (χ3n) is 4.77. The molecule has 4 rings (SSSR count). The highest BCUT2D eigenvalue weighted by atomic mass is 32.1. The fourth-order valence-corrected chi connectivity index (χ4v) is 4.83. The van der Waals surface area contributed by atoms with Gasteiger partial charge in [-0.2, -0.15) is 0 Å². The molecule has 1 aliphatic rings. The van der Waals surface area contributed by atoms with E-state index in [4.69, 9.17) is 12.2 Å². The van der Waals surface area contributed by atoms with Crippen LogP contribution in [0, 0.1) is 10.9 Å². The molecule has 2 aromatic carbocycles. The average molecular weight is 425 g/mol. The van der Waals surface area contributed by atoms with Crippen molar-refractivity contribution in [2.24, 2.45) is 4.99 Å². The van der Waals surface area contributed by atoms with E-state index >= 15 is 0 Å². The van der Waals surface area contributed by atoms with Gasteiger partial charge in [0.25, 0.3) is 5.91 Å². The number of aryl methyl sites for hydroxylation is 1. The number of benzene rings is 2. The predicted octanol–water partition coefficient (Wildman–Crippen LogP) is 2.52. The first-order chi connectivity index (χ1) is 13.9. The van der Waals surface area contributed by atoms with Gasteiger partial charge in [0.05, 0.1) is 10.9 Å². The Bertz CT molecular complexity index is 1320. The summed E-state index contributed by atoms with van der Waals surface area (Å²) in [4.78, 5) is 28.8. The minimum atomic E-state index is -1.12. The van der Waals surface area contributed by atoms with Crippen molar-refractivity contribution in [3.05, 3.63) is 79.1 Å². The first kappa shape index (κ1) is 19.2. The number of aromatic nitrogens is 1. The van der Waals surface area contributed by atoms with E-state index in [0.29, 0.717) is 10.6 Å². The molecule has 0 radical (unpaired) electrons. The second-order valence-electron chi connectivity index (χ2n) is 6.75. The van der Waals surface area contributed by atoms with Gasteiger partial charge in [0, 0.05) is 11.6 Å². The number of carbonyl (C=O) groups is 2. The van der Waals surface area contributed by atoms with Gasteiger partial charge >= 0.3 is 5.97 Å². The van der Waals surface area contributed by atoms with Crippen LogP contribution in [0.2, 0.25) is 0 Å². The van der Waals surface area contributed by atoms with E-state index in [0.717, 1.165) is 22.5 Å². The number of hydrogen-bond donors (Lipinski definition) is 2. The Kier molecular flexibility index (Phi) is 4.89. The van der Waals surface area contributed by atoms with Crippen LogP contribution in [0.5, 0.6) is 5.88 Å². The first-order valence-corrected chi connectivity index (χ1v) is 10.0. The molecule has 29 heavy (non-hydrogen) atoms. The smallest absolute Gasteiger partial charge is 0.327 e. The van der Waals surface area contributed by atoms with Crippen LogP contribution >= 0.6 is 23.6 Å². The van der Waals surface area contributed by atoms with Gasteiger partial charge in [0.15, 0.2) is 3.95 Å². The van der Waals surface area contributed by atoms with Gasteiger partial charge in [0.2, 0.25) is 5.88 Å². The largest absolute Gasteiger partial charge is 0.493 e. The number of thiazole rings is 1. The number of amides is 1. The van der Waals surface area contributed by atoms with Crippen LogP contribution in [0.1, 0.15) is 22.0 Å². The van der Waals surface area contributed by atoms with Crippen molar-refractivity contribution in [3.63, 3.8) is 0 Å². The maximum absolute atomic E-state index is 12.5. The molecule has 0 saturated carbocycles. The Balaban J connectivity index is 1.88. The number of aromatic hydroxyl groups is 1. The van der Waals surface area contributed by atoms with Gasteiger partial charge < -0.3 is 10.2 Å². The first-order valence-electron chi connectivity index (χ1n) is 8.82. The van der Waals surface area contributed by atoms with Gasteiger partial charge in [0.1, 0.15) is 10.9 Å². The number of rotatable bonds is 5.